The van der Waals surface area contributed by atoms with Crippen molar-refractivity contribution in [2.24, 2.45) is 12.5 Å². The van der Waals surface area contributed by atoms with Crippen molar-refractivity contribution in [1.29, 1.82) is 5.26 Å². The Balaban J connectivity index is 2.24. The fourth-order valence-electron chi connectivity index (χ4n) is 2.88. The van der Waals surface area contributed by atoms with Crippen LogP contribution in [0.2, 0.25) is 5.15 Å². The SMILES string of the molecule is Cc1nn(C)c(Cl)c1C(OC(=O)C(C)(C)C)=C(C#N)n1ccc(-c2c(F)cccc2F)n1. The van der Waals surface area contributed by atoms with E-state index in [9.17, 15) is 18.8 Å². The lowest BCUT2D eigenvalue weighted by Gasteiger charge is -2.19. The van der Waals surface area contributed by atoms with E-state index < -0.39 is 23.0 Å². The molecule has 0 unspecified atom stereocenters. The van der Waals surface area contributed by atoms with Crippen molar-refractivity contribution in [3.63, 3.8) is 0 Å². The highest BCUT2D eigenvalue weighted by Gasteiger charge is 2.30. The Labute approximate surface area is 188 Å². The lowest BCUT2D eigenvalue weighted by molar-refractivity contribution is -0.145. The predicted molar refractivity (Wildman–Crippen MR) is 115 cm³/mol. The largest absolute Gasteiger partial charge is 0.422 e. The first-order valence-corrected chi connectivity index (χ1v) is 9.90. The van der Waals surface area contributed by atoms with Crippen molar-refractivity contribution in [1.82, 2.24) is 19.6 Å². The van der Waals surface area contributed by atoms with Gasteiger partial charge in [-0.05, 0) is 45.9 Å². The first-order chi connectivity index (χ1) is 15.0. The summed E-state index contributed by atoms with van der Waals surface area (Å²) in [5.74, 6) is -2.38. The topological polar surface area (TPSA) is 85.7 Å². The van der Waals surface area contributed by atoms with Crippen molar-refractivity contribution in [2.75, 3.05) is 0 Å². The van der Waals surface area contributed by atoms with Crippen LogP contribution < -0.4 is 0 Å². The summed E-state index contributed by atoms with van der Waals surface area (Å²) >= 11 is 6.37. The van der Waals surface area contributed by atoms with Crippen LogP contribution in [0.5, 0.6) is 0 Å². The molecule has 1 aromatic carbocycles. The third-order valence-electron chi connectivity index (χ3n) is 4.54. The van der Waals surface area contributed by atoms with Gasteiger partial charge < -0.3 is 4.74 Å². The van der Waals surface area contributed by atoms with Crippen molar-refractivity contribution < 1.29 is 18.3 Å². The number of hydrogen-bond donors (Lipinski definition) is 0. The third-order valence-corrected chi connectivity index (χ3v) is 4.98. The maximum absolute atomic E-state index is 14.2. The standard InChI is InChI=1S/C22H20ClF2N5O2/c1-12-17(20(23)29(5)27-12)19(32-21(31)22(2,3)4)16(11-26)30-10-9-15(28-30)18-13(24)7-6-8-14(18)25/h6-10H,1-5H3. The lowest BCUT2D eigenvalue weighted by Crippen LogP contribution is -2.23. The van der Waals surface area contributed by atoms with Gasteiger partial charge in [0.05, 0.1) is 27.9 Å². The van der Waals surface area contributed by atoms with Crippen LogP contribution in [0.1, 0.15) is 32.0 Å². The summed E-state index contributed by atoms with van der Waals surface area (Å²) < 4.78 is 36.5. The molecule has 2 aromatic heterocycles. The van der Waals surface area contributed by atoms with E-state index in [0.717, 1.165) is 16.8 Å². The second-order valence-corrected chi connectivity index (χ2v) is 8.40. The van der Waals surface area contributed by atoms with Crippen molar-refractivity contribution in [2.45, 2.75) is 27.7 Å². The molecule has 0 N–H and O–H groups in total. The molecular weight excluding hydrogens is 440 g/mol. The highest BCUT2D eigenvalue weighted by atomic mass is 35.5. The number of nitrogens with zero attached hydrogens (tertiary/aromatic N) is 5. The predicted octanol–water partition coefficient (Wildman–Crippen LogP) is 4.96. The van der Waals surface area contributed by atoms with Crippen LogP contribution in [0.4, 0.5) is 8.78 Å². The molecule has 0 radical (unpaired) electrons. The number of aromatic nitrogens is 4. The maximum atomic E-state index is 14.2. The Morgan fingerprint density at radius 1 is 1.19 bits per heavy atom. The molecule has 10 heteroatoms. The highest BCUT2D eigenvalue weighted by Crippen LogP contribution is 2.34. The quantitative estimate of drug-likeness (QED) is 0.312. The number of rotatable bonds is 4. The highest BCUT2D eigenvalue weighted by molar-refractivity contribution is 6.31. The van der Waals surface area contributed by atoms with E-state index in [4.69, 9.17) is 16.3 Å². The first-order valence-electron chi connectivity index (χ1n) is 9.52. The molecule has 0 aliphatic rings. The monoisotopic (exact) mass is 459 g/mol. The zero-order chi connectivity index (χ0) is 23.8. The van der Waals surface area contributed by atoms with Gasteiger partial charge in [-0.3, -0.25) is 9.48 Å². The zero-order valence-corrected chi connectivity index (χ0v) is 18.8. The molecule has 0 amide bonds. The second kappa shape index (κ2) is 8.55. The number of hydrogen-bond acceptors (Lipinski definition) is 5. The van der Waals surface area contributed by atoms with Crippen LogP contribution in [0.25, 0.3) is 22.7 Å². The zero-order valence-electron chi connectivity index (χ0n) is 18.1. The molecule has 3 aromatic rings. The van der Waals surface area contributed by atoms with Crippen LogP contribution in [-0.4, -0.2) is 25.5 Å². The van der Waals surface area contributed by atoms with Crippen LogP contribution >= 0.6 is 11.6 Å². The number of benzene rings is 1. The van der Waals surface area contributed by atoms with Gasteiger partial charge in [0, 0.05) is 13.2 Å². The third kappa shape index (κ3) is 4.27. The van der Waals surface area contributed by atoms with E-state index in [1.165, 1.54) is 23.0 Å². The molecule has 0 atom stereocenters. The molecule has 32 heavy (non-hydrogen) atoms. The van der Waals surface area contributed by atoms with Gasteiger partial charge in [0.2, 0.25) is 0 Å². The summed E-state index contributed by atoms with van der Waals surface area (Å²) in [5.41, 5.74) is -0.827. The molecule has 7 nitrogen and oxygen atoms in total. The van der Waals surface area contributed by atoms with Crippen molar-refractivity contribution in [3.05, 3.63) is 58.5 Å². The maximum Gasteiger partial charge on any atom is 0.316 e. The molecule has 0 saturated heterocycles. The van der Waals surface area contributed by atoms with Crippen LogP contribution in [0.15, 0.2) is 30.5 Å². The number of carbonyl (C=O) groups excluding carboxylic acids is 1. The number of esters is 1. The van der Waals surface area contributed by atoms with E-state index in [0.29, 0.717) is 5.69 Å². The van der Waals surface area contributed by atoms with E-state index >= 15 is 0 Å². The van der Waals surface area contributed by atoms with Crippen LogP contribution in [0, 0.1) is 35.3 Å². The van der Waals surface area contributed by atoms with Crippen LogP contribution in [0.3, 0.4) is 0 Å². The fourth-order valence-corrected chi connectivity index (χ4v) is 3.14. The lowest BCUT2D eigenvalue weighted by atomic mass is 9.97. The van der Waals surface area contributed by atoms with Gasteiger partial charge in [-0.2, -0.15) is 15.5 Å². The van der Waals surface area contributed by atoms with Gasteiger partial charge in [0.1, 0.15) is 22.9 Å². The Morgan fingerprint density at radius 3 is 2.31 bits per heavy atom. The molecule has 0 saturated carbocycles. The van der Waals surface area contributed by atoms with Gasteiger partial charge in [-0.15, -0.1) is 0 Å². The van der Waals surface area contributed by atoms with Crippen molar-refractivity contribution in [3.8, 4) is 17.3 Å². The summed E-state index contributed by atoms with van der Waals surface area (Å²) in [6.45, 7) is 6.61. The molecule has 0 fully saturated rings. The number of ether oxygens (including phenoxy) is 1. The first kappa shape index (κ1) is 23.2. The molecule has 0 spiro atoms. The Morgan fingerprint density at radius 2 is 1.81 bits per heavy atom. The average molecular weight is 460 g/mol. The smallest absolute Gasteiger partial charge is 0.316 e. The summed E-state index contributed by atoms with van der Waals surface area (Å²) in [6.07, 6.45) is 1.34. The van der Waals surface area contributed by atoms with Crippen molar-refractivity contribution >= 4 is 29.0 Å². The summed E-state index contributed by atoms with van der Waals surface area (Å²) in [6, 6.07) is 6.75. The fraction of sp³-hybridized carbons (Fsp3) is 0.273. The van der Waals surface area contributed by atoms with Gasteiger partial charge in [-0.1, -0.05) is 17.7 Å². The van der Waals surface area contributed by atoms with Crippen LogP contribution in [-0.2, 0) is 16.6 Å². The second-order valence-electron chi connectivity index (χ2n) is 8.05. The molecule has 3 rings (SSSR count). The van der Waals surface area contributed by atoms with E-state index in [1.54, 1.807) is 34.7 Å². The summed E-state index contributed by atoms with van der Waals surface area (Å²) in [5, 5.41) is 18.4. The number of carbonyl (C=O) groups is 1. The van der Waals surface area contributed by atoms with Gasteiger partial charge in [0.25, 0.3) is 0 Å². The number of nitriles is 1. The van der Waals surface area contributed by atoms with Gasteiger partial charge >= 0.3 is 5.97 Å². The minimum atomic E-state index is -0.889. The molecule has 0 bridgehead atoms. The normalized spacial score (nSPS) is 12.3. The molecule has 0 aliphatic carbocycles. The number of aryl methyl sites for hydroxylation is 2. The molecule has 0 aliphatic heterocycles. The molecular formula is C22H20ClF2N5O2. The minimum absolute atomic E-state index is 0.0381. The van der Waals surface area contributed by atoms with Gasteiger partial charge in [-0.25, -0.2) is 13.5 Å². The summed E-state index contributed by atoms with van der Waals surface area (Å²) in [7, 11) is 1.60. The number of halogens is 3. The summed E-state index contributed by atoms with van der Waals surface area (Å²) in [4.78, 5) is 12.7. The van der Waals surface area contributed by atoms with Gasteiger partial charge in [0.15, 0.2) is 11.5 Å². The van der Waals surface area contributed by atoms with E-state index in [1.807, 2.05) is 6.07 Å². The Kier molecular flexibility index (Phi) is 6.19. The minimum Gasteiger partial charge on any atom is -0.422 e. The molecule has 166 valence electrons. The van der Waals surface area contributed by atoms with E-state index in [-0.39, 0.29) is 33.4 Å². The average Bonchev–Trinajstić information content (AvgIpc) is 3.25. The van der Waals surface area contributed by atoms with E-state index in [2.05, 4.69) is 10.2 Å². The Hall–Kier alpha value is -3.51. The molecule has 2 heterocycles. The Bertz CT molecular complexity index is 1260. The number of allylic oxidation sites excluding steroid dienone is 1.